The molecule has 0 bridgehead atoms. The first kappa shape index (κ1) is 8.65. The molecular weight excluding hydrogens is 186 g/mol. The SMILES string of the molecule is COC(C)c1sc2ncnn2c1C. The van der Waals surface area contributed by atoms with Crippen molar-refractivity contribution in [2.45, 2.75) is 20.0 Å². The first-order valence-electron chi connectivity index (χ1n) is 4.06. The number of aryl methyl sites for hydroxylation is 1. The van der Waals surface area contributed by atoms with Gasteiger partial charge >= 0.3 is 0 Å². The molecular formula is C8H11N3OS. The molecule has 70 valence electrons. The van der Waals surface area contributed by atoms with Crippen molar-refractivity contribution >= 4 is 16.3 Å². The van der Waals surface area contributed by atoms with Crippen molar-refractivity contribution in [2.24, 2.45) is 0 Å². The van der Waals surface area contributed by atoms with E-state index >= 15 is 0 Å². The van der Waals surface area contributed by atoms with Gasteiger partial charge in [0, 0.05) is 7.11 Å². The third-order valence-corrected chi connectivity index (χ3v) is 3.42. The van der Waals surface area contributed by atoms with Crippen LogP contribution in [-0.4, -0.2) is 21.7 Å². The van der Waals surface area contributed by atoms with Crippen LogP contribution < -0.4 is 0 Å². The van der Waals surface area contributed by atoms with Gasteiger partial charge in [-0.3, -0.25) is 0 Å². The summed E-state index contributed by atoms with van der Waals surface area (Å²) >= 11 is 1.63. The average molecular weight is 197 g/mol. The third kappa shape index (κ3) is 1.24. The monoisotopic (exact) mass is 197 g/mol. The van der Waals surface area contributed by atoms with Gasteiger partial charge in [0.1, 0.15) is 6.33 Å². The predicted molar refractivity (Wildman–Crippen MR) is 51.0 cm³/mol. The van der Waals surface area contributed by atoms with Crippen LogP contribution in [0, 0.1) is 6.92 Å². The van der Waals surface area contributed by atoms with Crippen LogP contribution in [0.3, 0.4) is 0 Å². The summed E-state index contributed by atoms with van der Waals surface area (Å²) in [5.41, 5.74) is 1.12. The van der Waals surface area contributed by atoms with Crippen LogP contribution in [0.4, 0.5) is 0 Å². The second-order valence-electron chi connectivity index (χ2n) is 2.88. The van der Waals surface area contributed by atoms with Crippen molar-refractivity contribution in [3.63, 3.8) is 0 Å². The van der Waals surface area contributed by atoms with Crippen molar-refractivity contribution in [3.8, 4) is 0 Å². The zero-order chi connectivity index (χ0) is 9.42. The zero-order valence-corrected chi connectivity index (χ0v) is 8.63. The minimum Gasteiger partial charge on any atom is -0.376 e. The number of nitrogens with zero attached hydrogens (tertiary/aromatic N) is 3. The van der Waals surface area contributed by atoms with Gasteiger partial charge in [0.05, 0.1) is 16.7 Å². The van der Waals surface area contributed by atoms with E-state index in [0.29, 0.717) is 0 Å². The van der Waals surface area contributed by atoms with E-state index in [1.807, 2.05) is 18.4 Å². The Hall–Kier alpha value is -0.940. The van der Waals surface area contributed by atoms with E-state index in [-0.39, 0.29) is 6.10 Å². The summed E-state index contributed by atoms with van der Waals surface area (Å²) in [5.74, 6) is 0. The molecule has 0 fully saturated rings. The van der Waals surface area contributed by atoms with E-state index in [1.165, 1.54) is 4.88 Å². The van der Waals surface area contributed by atoms with Gasteiger partial charge in [-0.05, 0) is 13.8 Å². The lowest BCUT2D eigenvalue weighted by Gasteiger charge is -2.06. The van der Waals surface area contributed by atoms with E-state index in [1.54, 1.807) is 24.8 Å². The molecule has 0 aliphatic rings. The Morgan fingerprint density at radius 1 is 1.62 bits per heavy atom. The van der Waals surface area contributed by atoms with Gasteiger partial charge in [0.15, 0.2) is 0 Å². The van der Waals surface area contributed by atoms with Gasteiger partial charge in [0.2, 0.25) is 4.96 Å². The highest BCUT2D eigenvalue weighted by Gasteiger charge is 2.14. The minimum atomic E-state index is 0.119. The molecule has 0 radical (unpaired) electrons. The molecule has 4 nitrogen and oxygen atoms in total. The Bertz CT molecular complexity index is 420. The van der Waals surface area contributed by atoms with Crippen molar-refractivity contribution in [1.82, 2.24) is 14.6 Å². The van der Waals surface area contributed by atoms with Crippen LogP contribution in [0.2, 0.25) is 0 Å². The maximum atomic E-state index is 5.26. The van der Waals surface area contributed by atoms with Crippen molar-refractivity contribution in [3.05, 3.63) is 16.9 Å². The number of aromatic nitrogens is 3. The van der Waals surface area contributed by atoms with Crippen LogP contribution in [0.15, 0.2) is 6.33 Å². The van der Waals surface area contributed by atoms with E-state index in [9.17, 15) is 0 Å². The van der Waals surface area contributed by atoms with E-state index < -0.39 is 0 Å². The molecule has 0 spiro atoms. The number of thiazole rings is 1. The summed E-state index contributed by atoms with van der Waals surface area (Å²) in [6, 6.07) is 0. The molecule has 13 heavy (non-hydrogen) atoms. The number of ether oxygens (including phenoxy) is 1. The van der Waals surface area contributed by atoms with Gasteiger partial charge < -0.3 is 4.74 Å². The lowest BCUT2D eigenvalue weighted by molar-refractivity contribution is 0.121. The normalized spacial score (nSPS) is 13.8. The van der Waals surface area contributed by atoms with Crippen LogP contribution in [0.25, 0.3) is 4.96 Å². The fourth-order valence-corrected chi connectivity index (χ4v) is 2.35. The fourth-order valence-electron chi connectivity index (χ4n) is 1.29. The standard InChI is InChI=1S/C8H11N3OS/c1-5-7(6(2)12-3)13-8-9-4-10-11(5)8/h4,6H,1-3H3. The molecule has 0 aliphatic carbocycles. The molecule has 0 aromatic carbocycles. The molecule has 0 N–H and O–H groups in total. The lowest BCUT2D eigenvalue weighted by atomic mass is 10.3. The summed E-state index contributed by atoms with van der Waals surface area (Å²) in [4.78, 5) is 6.25. The van der Waals surface area contributed by atoms with Crippen molar-refractivity contribution in [1.29, 1.82) is 0 Å². The first-order valence-corrected chi connectivity index (χ1v) is 4.87. The Kier molecular flexibility index (Phi) is 2.05. The lowest BCUT2D eigenvalue weighted by Crippen LogP contribution is -1.97. The number of rotatable bonds is 2. The smallest absolute Gasteiger partial charge is 0.212 e. The summed E-state index contributed by atoms with van der Waals surface area (Å²) in [7, 11) is 1.71. The largest absolute Gasteiger partial charge is 0.376 e. The zero-order valence-electron chi connectivity index (χ0n) is 7.81. The van der Waals surface area contributed by atoms with Gasteiger partial charge in [-0.1, -0.05) is 11.3 Å². The predicted octanol–water partition coefficient (Wildman–Crippen LogP) is 1.81. The Labute approximate surface area is 80.2 Å². The molecule has 2 rings (SSSR count). The third-order valence-electron chi connectivity index (χ3n) is 2.11. The minimum absolute atomic E-state index is 0.119. The van der Waals surface area contributed by atoms with E-state index in [2.05, 4.69) is 10.1 Å². The number of hydrogen-bond acceptors (Lipinski definition) is 4. The molecule has 0 aliphatic heterocycles. The van der Waals surface area contributed by atoms with E-state index in [4.69, 9.17) is 4.74 Å². The quantitative estimate of drug-likeness (QED) is 0.737. The maximum absolute atomic E-state index is 5.26. The molecule has 2 aromatic heterocycles. The highest BCUT2D eigenvalue weighted by Crippen LogP contribution is 2.28. The molecule has 2 aromatic rings. The first-order chi connectivity index (χ1) is 6.24. The molecule has 0 saturated carbocycles. The van der Waals surface area contributed by atoms with Crippen molar-refractivity contribution in [2.75, 3.05) is 7.11 Å². The summed E-state index contributed by atoms with van der Waals surface area (Å²) in [6.07, 6.45) is 1.69. The molecule has 0 saturated heterocycles. The second-order valence-corrected chi connectivity index (χ2v) is 3.89. The fraction of sp³-hybridized carbons (Fsp3) is 0.500. The molecule has 1 atom stereocenters. The van der Waals surface area contributed by atoms with Gasteiger partial charge in [-0.2, -0.15) is 5.10 Å². The summed E-state index contributed by atoms with van der Waals surface area (Å²) in [5, 5.41) is 4.12. The van der Waals surface area contributed by atoms with Gasteiger partial charge in [-0.15, -0.1) is 0 Å². The number of methoxy groups -OCH3 is 1. The maximum Gasteiger partial charge on any atom is 0.212 e. The van der Waals surface area contributed by atoms with Crippen molar-refractivity contribution < 1.29 is 4.74 Å². The number of hydrogen-bond donors (Lipinski definition) is 0. The Morgan fingerprint density at radius 2 is 2.38 bits per heavy atom. The topological polar surface area (TPSA) is 39.4 Å². The summed E-state index contributed by atoms with van der Waals surface area (Å²) in [6.45, 7) is 4.06. The van der Waals surface area contributed by atoms with Crippen LogP contribution in [0.5, 0.6) is 0 Å². The second kappa shape index (κ2) is 3.08. The van der Waals surface area contributed by atoms with Gasteiger partial charge in [0.25, 0.3) is 0 Å². The van der Waals surface area contributed by atoms with Gasteiger partial charge in [-0.25, -0.2) is 9.50 Å². The van der Waals surface area contributed by atoms with Crippen LogP contribution in [-0.2, 0) is 4.74 Å². The molecule has 5 heteroatoms. The molecule has 0 amide bonds. The Morgan fingerprint density at radius 3 is 3.00 bits per heavy atom. The highest BCUT2D eigenvalue weighted by molar-refractivity contribution is 7.17. The van der Waals surface area contributed by atoms with Crippen LogP contribution >= 0.6 is 11.3 Å². The summed E-state index contributed by atoms with van der Waals surface area (Å²) < 4.78 is 7.10. The molecule has 1 unspecified atom stereocenters. The molecule has 2 heterocycles. The number of fused-ring (bicyclic) bond motifs is 1. The average Bonchev–Trinajstić information content (AvgIpc) is 2.68. The Balaban J connectivity index is 2.57. The highest BCUT2D eigenvalue weighted by atomic mass is 32.1. The van der Waals surface area contributed by atoms with Crippen LogP contribution in [0.1, 0.15) is 23.6 Å². The van der Waals surface area contributed by atoms with E-state index in [0.717, 1.165) is 10.7 Å².